The van der Waals surface area contributed by atoms with Crippen molar-refractivity contribution in [1.29, 1.82) is 0 Å². The van der Waals surface area contributed by atoms with Gasteiger partial charge in [-0.2, -0.15) is 0 Å². The third kappa shape index (κ3) is 5.05. The van der Waals surface area contributed by atoms with Gasteiger partial charge in [0, 0.05) is 22.5 Å². The Bertz CT molecular complexity index is 1200. The Hall–Kier alpha value is -2.65. The summed E-state index contributed by atoms with van der Waals surface area (Å²) in [7, 11) is -3.14. The van der Waals surface area contributed by atoms with Gasteiger partial charge in [0.05, 0.1) is 24.2 Å². The molecule has 7 nitrogen and oxygen atoms in total. The molecule has 0 bridgehead atoms. The van der Waals surface area contributed by atoms with Gasteiger partial charge in [-0.15, -0.1) is 11.3 Å². The Kier molecular flexibility index (Phi) is 6.39. The molecular formula is C23H26N2O5S2. The summed E-state index contributed by atoms with van der Waals surface area (Å²) in [6, 6.07) is 10.8. The molecule has 0 saturated carbocycles. The molecule has 4 rings (SSSR count). The summed E-state index contributed by atoms with van der Waals surface area (Å²) in [5, 5.41) is 5.94. The highest BCUT2D eigenvalue weighted by Crippen LogP contribution is 2.29. The Morgan fingerprint density at radius 1 is 1.31 bits per heavy atom. The third-order valence-corrected chi connectivity index (χ3v) is 7.98. The number of nitrogens with zero attached hydrogens (tertiary/aromatic N) is 2. The van der Waals surface area contributed by atoms with Crippen molar-refractivity contribution >= 4 is 27.1 Å². The van der Waals surface area contributed by atoms with Crippen LogP contribution in [-0.4, -0.2) is 48.0 Å². The number of aryl methyl sites for hydroxylation is 1. The van der Waals surface area contributed by atoms with E-state index in [1.54, 1.807) is 11.0 Å². The van der Waals surface area contributed by atoms with Crippen LogP contribution in [0, 0.1) is 6.92 Å². The minimum atomic E-state index is -3.14. The largest absolute Gasteiger partial charge is 0.491 e. The van der Waals surface area contributed by atoms with E-state index in [4.69, 9.17) is 9.26 Å². The van der Waals surface area contributed by atoms with E-state index in [0.29, 0.717) is 18.7 Å². The van der Waals surface area contributed by atoms with Crippen LogP contribution in [0.5, 0.6) is 5.75 Å². The number of carbonyl (C=O) groups excluding carboxylic acids is 1. The van der Waals surface area contributed by atoms with Crippen molar-refractivity contribution in [1.82, 2.24) is 10.1 Å². The molecule has 0 aliphatic carbocycles. The highest BCUT2D eigenvalue weighted by atomic mass is 32.2. The number of carbonyl (C=O) groups is 1. The monoisotopic (exact) mass is 474 g/mol. The fourth-order valence-corrected chi connectivity index (χ4v) is 6.24. The van der Waals surface area contributed by atoms with E-state index in [9.17, 15) is 13.2 Å². The predicted octanol–water partition coefficient (Wildman–Crippen LogP) is 4.33. The van der Waals surface area contributed by atoms with Crippen LogP contribution < -0.4 is 4.74 Å². The Morgan fingerprint density at radius 3 is 2.75 bits per heavy atom. The zero-order valence-electron chi connectivity index (χ0n) is 18.3. The zero-order valence-corrected chi connectivity index (χ0v) is 19.9. The van der Waals surface area contributed by atoms with Crippen LogP contribution in [0.15, 0.2) is 46.3 Å². The standard InChI is InChI=1S/C23H26N2O5S2/c1-15(2)29-21-7-6-17(11-16(21)3)22-12-20(24-30-22)23(26)25(13-19-5-4-9-31-19)18-8-10-32(27,28)14-18/h4-7,9,11-12,15,18H,8,10,13-14H2,1-3H3. The lowest BCUT2D eigenvalue weighted by molar-refractivity contribution is 0.0672. The smallest absolute Gasteiger partial charge is 0.276 e. The van der Waals surface area contributed by atoms with Crippen molar-refractivity contribution in [2.75, 3.05) is 11.5 Å². The highest BCUT2D eigenvalue weighted by Gasteiger charge is 2.36. The minimum absolute atomic E-state index is 0.0225. The Morgan fingerprint density at radius 2 is 2.12 bits per heavy atom. The molecule has 1 atom stereocenters. The van der Waals surface area contributed by atoms with Crippen molar-refractivity contribution in [2.45, 2.75) is 45.9 Å². The molecule has 1 aliphatic rings. The first-order valence-electron chi connectivity index (χ1n) is 10.5. The number of benzene rings is 1. The average molecular weight is 475 g/mol. The SMILES string of the molecule is Cc1cc(-c2cc(C(=O)N(Cc3cccs3)C3CCS(=O)(=O)C3)no2)ccc1OC(C)C. The molecular weight excluding hydrogens is 448 g/mol. The molecule has 0 radical (unpaired) electrons. The molecule has 1 fully saturated rings. The van der Waals surface area contributed by atoms with Gasteiger partial charge in [0.15, 0.2) is 21.3 Å². The normalized spacial score (nSPS) is 17.6. The van der Waals surface area contributed by atoms with E-state index in [1.807, 2.05) is 56.5 Å². The molecule has 1 saturated heterocycles. The van der Waals surface area contributed by atoms with Gasteiger partial charge in [0.25, 0.3) is 5.91 Å². The van der Waals surface area contributed by atoms with Gasteiger partial charge in [-0.25, -0.2) is 8.42 Å². The first kappa shape index (κ1) is 22.5. The number of ether oxygens (including phenoxy) is 1. The Labute approximate surface area is 191 Å². The summed E-state index contributed by atoms with van der Waals surface area (Å²) < 4.78 is 35.3. The van der Waals surface area contributed by atoms with Crippen molar-refractivity contribution in [3.8, 4) is 17.1 Å². The number of hydrogen-bond donors (Lipinski definition) is 0. The van der Waals surface area contributed by atoms with E-state index in [1.165, 1.54) is 11.3 Å². The molecule has 0 spiro atoms. The van der Waals surface area contributed by atoms with E-state index in [0.717, 1.165) is 21.8 Å². The third-order valence-electron chi connectivity index (χ3n) is 5.37. The predicted molar refractivity (Wildman–Crippen MR) is 124 cm³/mol. The first-order valence-corrected chi connectivity index (χ1v) is 13.2. The van der Waals surface area contributed by atoms with Gasteiger partial charge in [0.1, 0.15) is 5.75 Å². The van der Waals surface area contributed by atoms with E-state index < -0.39 is 9.84 Å². The lowest BCUT2D eigenvalue weighted by atomic mass is 10.1. The maximum absolute atomic E-state index is 13.3. The van der Waals surface area contributed by atoms with Gasteiger partial charge >= 0.3 is 0 Å². The summed E-state index contributed by atoms with van der Waals surface area (Å²) in [4.78, 5) is 16.0. The second-order valence-corrected chi connectivity index (χ2v) is 11.6. The van der Waals surface area contributed by atoms with E-state index in [2.05, 4.69) is 5.16 Å². The van der Waals surface area contributed by atoms with Crippen LogP contribution in [0.4, 0.5) is 0 Å². The van der Waals surface area contributed by atoms with Crippen molar-refractivity contribution < 1.29 is 22.5 Å². The maximum atomic E-state index is 13.3. The number of sulfone groups is 1. The molecule has 1 amide bonds. The molecule has 1 aromatic carbocycles. The van der Waals surface area contributed by atoms with Crippen LogP contribution in [-0.2, 0) is 16.4 Å². The molecule has 2 aromatic heterocycles. The van der Waals surface area contributed by atoms with Crippen LogP contribution >= 0.6 is 11.3 Å². The fourth-order valence-electron chi connectivity index (χ4n) is 3.81. The van der Waals surface area contributed by atoms with Crippen LogP contribution in [0.1, 0.15) is 41.2 Å². The molecule has 0 N–H and O–H groups in total. The second kappa shape index (κ2) is 9.07. The summed E-state index contributed by atoms with van der Waals surface area (Å²) in [6.45, 7) is 6.24. The molecule has 32 heavy (non-hydrogen) atoms. The van der Waals surface area contributed by atoms with Gasteiger partial charge in [-0.1, -0.05) is 11.2 Å². The highest BCUT2D eigenvalue weighted by molar-refractivity contribution is 7.91. The molecule has 9 heteroatoms. The number of amides is 1. The summed E-state index contributed by atoms with van der Waals surface area (Å²) in [5.74, 6) is 1.02. The van der Waals surface area contributed by atoms with Crippen LogP contribution in [0.3, 0.4) is 0 Å². The van der Waals surface area contributed by atoms with Gasteiger partial charge in [-0.3, -0.25) is 4.79 Å². The second-order valence-electron chi connectivity index (χ2n) is 8.29. The molecule has 1 unspecified atom stereocenters. The van der Waals surface area contributed by atoms with Crippen molar-refractivity contribution in [2.24, 2.45) is 0 Å². The number of thiophene rings is 1. The quantitative estimate of drug-likeness (QED) is 0.506. The van der Waals surface area contributed by atoms with Crippen molar-refractivity contribution in [3.05, 3.63) is 57.9 Å². The maximum Gasteiger partial charge on any atom is 0.276 e. The molecule has 3 aromatic rings. The van der Waals surface area contributed by atoms with Gasteiger partial charge in [-0.05, 0) is 62.4 Å². The molecule has 1 aliphatic heterocycles. The topological polar surface area (TPSA) is 89.7 Å². The summed E-state index contributed by atoms with van der Waals surface area (Å²) in [6.07, 6.45) is 0.503. The molecule has 170 valence electrons. The number of hydrogen-bond acceptors (Lipinski definition) is 7. The van der Waals surface area contributed by atoms with Gasteiger partial charge in [0.2, 0.25) is 0 Å². The number of aromatic nitrogens is 1. The van der Waals surface area contributed by atoms with E-state index >= 15 is 0 Å². The first-order chi connectivity index (χ1) is 15.2. The number of rotatable bonds is 7. The molecule has 3 heterocycles. The lowest BCUT2D eigenvalue weighted by Gasteiger charge is -2.26. The lowest BCUT2D eigenvalue weighted by Crippen LogP contribution is -2.40. The van der Waals surface area contributed by atoms with Crippen LogP contribution in [0.25, 0.3) is 11.3 Å². The summed E-state index contributed by atoms with van der Waals surface area (Å²) in [5.41, 5.74) is 1.91. The van der Waals surface area contributed by atoms with E-state index in [-0.39, 0.29) is 35.3 Å². The zero-order chi connectivity index (χ0) is 22.9. The fraction of sp³-hybridized carbons (Fsp3) is 0.391. The summed E-state index contributed by atoms with van der Waals surface area (Å²) >= 11 is 1.53. The Balaban J connectivity index is 1.58. The minimum Gasteiger partial charge on any atom is -0.491 e. The van der Waals surface area contributed by atoms with Crippen LogP contribution in [0.2, 0.25) is 0 Å². The average Bonchev–Trinajstić information content (AvgIpc) is 3.48. The van der Waals surface area contributed by atoms with Crippen molar-refractivity contribution in [3.63, 3.8) is 0 Å². The van der Waals surface area contributed by atoms with Gasteiger partial charge < -0.3 is 14.2 Å².